The Labute approximate surface area is 191 Å². The zero-order valence-electron chi connectivity index (χ0n) is 18.0. The molecule has 0 aliphatic rings. The molecule has 174 valence electrons. The van der Waals surface area contributed by atoms with Crippen LogP contribution in [0.1, 0.15) is 12.0 Å². The summed E-state index contributed by atoms with van der Waals surface area (Å²) in [4.78, 5) is 12.5. The highest BCUT2D eigenvalue weighted by Gasteiger charge is 2.27. The molecular weight excluding hydrogens is 450 g/mol. The quantitative estimate of drug-likeness (QED) is 0.452. The van der Waals surface area contributed by atoms with Gasteiger partial charge in [-0.2, -0.15) is 0 Å². The predicted molar refractivity (Wildman–Crippen MR) is 122 cm³/mol. The van der Waals surface area contributed by atoms with E-state index >= 15 is 0 Å². The Morgan fingerprint density at radius 3 is 2.06 bits per heavy atom. The van der Waals surface area contributed by atoms with Crippen LogP contribution in [0.5, 0.6) is 5.75 Å². The summed E-state index contributed by atoms with van der Waals surface area (Å²) in [5.74, 6) is -0.853. The van der Waals surface area contributed by atoms with Crippen LogP contribution < -0.4 is 14.4 Å². The van der Waals surface area contributed by atoms with Gasteiger partial charge in [-0.05, 0) is 79.1 Å². The number of hydrogen-bond acceptors (Lipinski definition) is 4. The Balaban J connectivity index is 1.70. The molecule has 33 heavy (non-hydrogen) atoms. The fourth-order valence-corrected chi connectivity index (χ4v) is 4.58. The number of halogens is 2. The number of aryl methyl sites for hydroxylation is 1. The van der Waals surface area contributed by atoms with Gasteiger partial charge >= 0.3 is 0 Å². The molecule has 3 aromatic rings. The van der Waals surface area contributed by atoms with Crippen LogP contribution in [0.2, 0.25) is 0 Å². The third-order valence-corrected chi connectivity index (χ3v) is 6.71. The van der Waals surface area contributed by atoms with E-state index in [0.29, 0.717) is 25.1 Å². The van der Waals surface area contributed by atoms with Gasteiger partial charge in [-0.15, -0.1) is 0 Å². The van der Waals surface area contributed by atoms with E-state index in [1.54, 1.807) is 12.1 Å². The van der Waals surface area contributed by atoms with Crippen molar-refractivity contribution < 1.29 is 26.7 Å². The van der Waals surface area contributed by atoms with E-state index in [4.69, 9.17) is 4.74 Å². The Morgan fingerprint density at radius 2 is 1.48 bits per heavy atom. The summed E-state index contributed by atoms with van der Waals surface area (Å²) in [5, 5.41) is 2.70. The second kappa shape index (κ2) is 10.9. The monoisotopic (exact) mass is 474 g/mol. The molecule has 0 radical (unpaired) electrons. The number of carbonyl (C=O) groups is 1. The predicted octanol–water partition coefficient (Wildman–Crippen LogP) is 3.92. The number of carbonyl (C=O) groups excluding carboxylic acids is 1. The number of amides is 1. The highest BCUT2D eigenvalue weighted by atomic mass is 32.2. The maximum atomic E-state index is 13.4. The van der Waals surface area contributed by atoms with Crippen molar-refractivity contribution in [2.24, 2.45) is 0 Å². The van der Waals surface area contributed by atoms with E-state index in [2.05, 4.69) is 5.32 Å². The maximum absolute atomic E-state index is 13.4. The summed E-state index contributed by atoms with van der Waals surface area (Å²) in [6.07, 6.45) is 1.23. The van der Waals surface area contributed by atoms with E-state index in [0.717, 1.165) is 22.0 Å². The van der Waals surface area contributed by atoms with Gasteiger partial charge in [-0.3, -0.25) is 9.10 Å². The van der Waals surface area contributed by atoms with Crippen molar-refractivity contribution >= 4 is 21.6 Å². The summed E-state index contributed by atoms with van der Waals surface area (Å²) < 4.78 is 58.9. The van der Waals surface area contributed by atoms with Crippen molar-refractivity contribution in [2.75, 3.05) is 24.5 Å². The van der Waals surface area contributed by atoms with Gasteiger partial charge in [0.25, 0.3) is 10.0 Å². The number of rotatable bonds is 10. The van der Waals surface area contributed by atoms with Crippen molar-refractivity contribution in [3.05, 3.63) is 90.0 Å². The number of benzene rings is 3. The van der Waals surface area contributed by atoms with Gasteiger partial charge in [0.1, 0.15) is 23.9 Å². The van der Waals surface area contributed by atoms with Gasteiger partial charge < -0.3 is 10.1 Å². The number of nitrogens with zero attached hydrogens (tertiary/aromatic N) is 1. The minimum Gasteiger partial charge on any atom is -0.497 e. The molecule has 0 aliphatic carbocycles. The van der Waals surface area contributed by atoms with Gasteiger partial charge in [0.15, 0.2) is 0 Å². The lowest BCUT2D eigenvalue weighted by atomic mass is 10.1. The first kappa shape index (κ1) is 24.2. The average Bonchev–Trinajstić information content (AvgIpc) is 2.82. The molecule has 1 N–H and O–H groups in total. The number of sulfonamides is 1. The van der Waals surface area contributed by atoms with Crippen LogP contribution in [0.4, 0.5) is 14.5 Å². The normalized spacial score (nSPS) is 11.1. The first-order valence-corrected chi connectivity index (χ1v) is 11.7. The second-order valence-corrected chi connectivity index (χ2v) is 9.11. The molecule has 0 saturated heterocycles. The largest absolute Gasteiger partial charge is 0.497 e. The van der Waals surface area contributed by atoms with E-state index in [9.17, 15) is 22.0 Å². The van der Waals surface area contributed by atoms with Crippen molar-refractivity contribution in [3.63, 3.8) is 0 Å². The Morgan fingerprint density at radius 1 is 0.909 bits per heavy atom. The van der Waals surface area contributed by atoms with Crippen molar-refractivity contribution in [3.8, 4) is 5.75 Å². The average molecular weight is 475 g/mol. The number of ether oxygens (including phenoxy) is 1. The summed E-state index contributed by atoms with van der Waals surface area (Å²) in [7, 11) is -2.64. The molecule has 0 fully saturated rings. The minimum atomic E-state index is -4.11. The van der Waals surface area contributed by atoms with Crippen LogP contribution in [0.3, 0.4) is 0 Å². The van der Waals surface area contributed by atoms with E-state index in [-0.39, 0.29) is 16.4 Å². The molecule has 0 saturated carbocycles. The third kappa shape index (κ3) is 6.52. The van der Waals surface area contributed by atoms with Gasteiger partial charge in [-0.1, -0.05) is 12.1 Å². The molecule has 3 rings (SSSR count). The summed E-state index contributed by atoms with van der Waals surface area (Å²) in [6.45, 7) is -0.160. The lowest BCUT2D eigenvalue weighted by Gasteiger charge is -2.24. The molecule has 0 aliphatic heterocycles. The Kier molecular flexibility index (Phi) is 8.00. The van der Waals surface area contributed by atoms with Crippen molar-refractivity contribution in [1.29, 1.82) is 0 Å². The van der Waals surface area contributed by atoms with Crippen LogP contribution in [0.25, 0.3) is 0 Å². The highest BCUT2D eigenvalue weighted by molar-refractivity contribution is 7.92. The molecule has 0 spiro atoms. The fourth-order valence-electron chi connectivity index (χ4n) is 3.16. The lowest BCUT2D eigenvalue weighted by Crippen LogP contribution is -2.41. The van der Waals surface area contributed by atoms with Crippen LogP contribution >= 0.6 is 0 Å². The zero-order valence-corrected chi connectivity index (χ0v) is 18.8. The molecule has 0 aromatic heterocycles. The zero-order chi connectivity index (χ0) is 23.8. The molecular formula is C24H24F2N2O4S. The Bertz CT molecular complexity index is 1170. The summed E-state index contributed by atoms with van der Waals surface area (Å²) >= 11 is 0. The molecule has 6 nitrogen and oxygen atoms in total. The lowest BCUT2D eigenvalue weighted by molar-refractivity contribution is -0.119. The molecule has 1 amide bonds. The van der Waals surface area contributed by atoms with Gasteiger partial charge in [0, 0.05) is 6.54 Å². The number of methoxy groups -OCH3 is 1. The number of hydrogen-bond donors (Lipinski definition) is 1. The van der Waals surface area contributed by atoms with Crippen molar-refractivity contribution in [2.45, 2.75) is 17.7 Å². The number of nitrogens with one attached hydrogen (secondary N) is 1. The van der Waals surface area contributed by atoms with Crippen LogP contribution in [-0.2, 0) is 21.2 Å². The molecule has 0 unspecified atom stereocenters. The second-order valence-electron chi connectivity index (χ2n) is 7.24. The summed E-state index contributed by atoms with van der Waals surface area (Å²) in [6, 6.07) is 16.7. The molecule has 0 atom stereocenters. The van der Waals surface area contributed by atoms with E-state index in [1.807, 2.05) is 0 Å². The van der Waals surface area contributed by atoms with Crippen LogP contribution in [-0.4, -0.2) is 34.5 Å². The molecule has 9 heteroatoms. The summed E-state index contributed by atoms with van der Waals surface area (Å²) in [5.41, 5.74) is 1.09. The van der Waals surface area contributed by atoms with Crippen LogP contribution in [0.15, 0.2) is 77.7 Å². The maximum Gasteiger partial charge on any atom is 0.264 e. The van der Waals surface area contributed by atoms with Crippen molar-refractivity contribution in [1.82, 2.24) is 5.32 Å². The fraction of sp³-hybridized carbons (Fsp3) is 0.208. The molecule has 0 bridgehead atoms. The highest BCUT2D eigenvalue weighted by Crippen LogP contribution is 2.25. The third-order valence-electron chi connectivity index (χ3n) is 4.93. The van der Waals surface area contributed by atoms with Gasteiger partial charge in [-0.25, -0.2) is 17.2 Å². The Hall–Kier alpha value is -3.46. The van der Waals surface area contributed by atoms with Crippen LogP contribution in [0, 0.1) is 11.6 Å². The van der Waals surface area contributed by atoms with Gasteiger partial charge in [0.05, 0.1) is 17.7 Å². The standard InChI is InChI=1S/C24H24F2N2O4S/c1-32-22-12-14-23(15-13-22)33(30,31)28(21-10-8-20(26)9-11-21)17-24(29)27-16-2-3-18-4-6-19(25)7-5-18/h4-15H,2-3,16-17H2,1H3,(H,27,29). The van der Waals surface area contributed by atoms with E-state index < -0.39 is 28.3 Å². The smallest absolute Gasteiger partial charge is 0.264 e. The van der Waals surface area contributed by atoms with E-state index in [1.165, 1.54) is 55.6 Å². The first-order chi connectivity index (χ1) is 15.8. The first-order valence-electron chi connectivity index (χ1n) is 10.2. The van der Waals surface area contributed by atoms with Gasteiger partial charge in [0.2, 0.25) is 5.91 Å². The number of anilines is 1. The minimum absolute atomic E-state index is 0.0308. The molecule has 0 heterocycles. The molecule has 3 aromatic carbocycles. The SMILES string of the molecule is COc1ccc(S(=O)(=O)N(CC(=O)NCCCc2ccc(F)cc2)c2ccc(F)cc2)cc1. The topological polar surface area (TPSA) is 75.7 Å².